The van der Waals surface area contributed by atoms with Crippen molar-refractivity contribution in [3.63, 3.8) is 0 Å². The van der Waals surface area contributed by atoms with Gasteiger partial charge in [-0.3, -0.25) is 0 Å². The Morgan fingerprint density at radius 2 is 2.00 bits per heavy atom. The lowest BCUT2D eigenvalue weighted by Crippen LogP contribution is -2.39. The Hall–Kier alpha value is -0.0800. The summed E-state index contributed by atoms with van der Waals surface area (Å²) in [5.74, 6) is 0.885. The number of hydrogen-bond acceptors (Lipinski definition) is 2. The molecule has 2 unspecified atom stereocenters. The third-order valence-electron chi connectivity index (χ3n) is 2.72. The maximum Gasteiger partial charge on any atom is 0.0731 e. The van der Waals surface area contributed by atoms with Gasteiger partial charge in [0.05, 0.1) is 6.10 Å². The van der Waals surface area contributed by atoms with Crippen LogP contribution in [0.3, 0.4) is 0 Å². The van der Waals surface area contributed by atoms with Gasteiger partial charge in [-0.05, 0) is 32.4 Å². The van der Waals surface area contributed by atoms with Gasteiger partial charge in [-0.1, -0.05) is 13.8 Å². The van der Waals surface area contributed by atoms with Gasteiger partial charge in [0.1, 0.15) is 0 Å². The summed E-state index contributed by atoms with van der Waals surface area (Å²) in [5, 5.41) is 0. The molecule has 2 saturated heterocycles. The van der Waals surface area contributed by atoms with Gasteiger partial charge in [0.25, 0.3) is 0 Å². The van der Waals surface area contributed by atoms with E-state index in [1.165, 1.54) is 19.4 Å². The van der Waals surface area contributed by atoms with Crippen LogP contribution in [-0.2, 0) is 4.74 Å². The van der Waals surface area contributed by atoms with Crippen LogP contribution in [0.2, 0.25) is 0 Å². The standard InChI is InChI=1S/C8H15NO.C2H6/c1-9-4-2-7-3-5-10-8(7)6-9;1-2/h7-8H,2-6H2,1H3;1-2H3. The molecular weight excluding hydrogens is 150 g/mol. The Bertz CT molecular complexity index is 127. The molecule has 2 nitrogen and oxygen atoms in total. The van der Waals surface area contributed by atoms with Gasteiger partial charge in [-0.15, -0.1) is 0 Å². The van der Waals surface area contributed by atoms with E-state index in [2.05, 4.69) is 11.9 Å². The van der Waals surface area contributed by atoms with E-state index < -0.39 is 0 Å². The summed E-state index contributed by atoms with van der Waals surface area (Å²) in [6, 6.07) is 0. The molecule has 2 atom stereocenters. The lowest BCUT2D eigenvalue weighted by Gasteiger charge is -2.31. The van der Waals surface area contributed by atoms with E-state index in [1.54, 1.807) is 0 Å². The summed E-state index contributed by atoms with van der Waals surface area (Å²) in [6.07, 6.45) is 3.22. The first-order valence-electron chi connectivity index (χ1n) is 5.16. The highest BCUT2D eigenvalue weighted by Gasteiger charge is 2.32. The third-order valence-corrected chi connectivity index (χ3v) is 2.72. The van der Waals surface area contributed by atoms with Crippen LogP contribution in [0.1, 0.15) is 26.7 Å². The topological polar surface area (TPSA) is 12.5 Å². The molecule has 0 amide bonds. The Labute approximate surface area is 75.9 Å². The highest BCUT2D eigenvalue weighted by molar-refractivity contribution is 4.83. The molecule has 0 bridgehead atoms. The van der Waals surface area contributed by atoms with E-state index in [9.17, 15) is 0 Å². The van der Waals surface area contributed by atoms with Crippen molar-refractivity contribution in [2.75, 3.05) is 26.7 Å². The predicted octanol–water partition coefficient (Wildman–Crippen LogP) is 1.75. The molecule has 0 N–H and O–H groups in total. The van der Waals surface area contributed by atoms with Crippen molar-refractivity contribution < 1.29 is 4.74 Å². The molecule has 12 heavy (non-hydrogen) atoms. The van der Waals surface area contributed by atoms with Crippen LogP contribution in [-0.4, -0.2) is 37.7 Å². The van der Waals surface area contributed by atoms with Crippen LogP contribution in [0.4, 0.5) is 0 Å². The molecule has 0 radical (unpaired) electrons. The summed E-state index contributed by atoms with van der Waals surface area (Å²) in [7, 11) is 2.18. The number of ether oxygens (including phenoxy) is 1. The van der Waals surface area contributed by atoms with Crippen LogP contribution in [0.25, 0.3) is 0 Å². The maximum atomic E-state index is 5.59. The minimum atomic E-state index is 0.568. The van der Waals surface area contributed by atoms with Crippen LogP contribution in [0.15, 0.2) is 0 Å². The van der Waals surface area contributed by atoms with Crippen molar-refractivity contribution in [3.05, 3.63) is 0 Å². The monoisotopic (exact) mass is 171 g/mol. The van der Waals surface area contributed by atoms with Crippen LogP contribution < -0.4 is 0 Å². The molecule has 0 aromatic rings. The maximum absolute atomic E-state index is 5.59. The minimum absolute atomic E-state index is 0.568. The number of piperidine rings is 1. The molecule has 2 rings (SSSR count). The molecule has 0 aromatic carbocycles. The van der Waals surface area contributed by atoms with Crippen LogP contribution >= 0.6 is 0 Å². The zero-order valence-corrected chi connectivity index (χ0v) is 8.55. The van der Waals surface area contributed by atoms with E-state index in [0.717, 1.165) is 19.1 Å². The van der Waals surface area contributed by atoms with Gasteiger partial charge in [-0.2, -0.15) is 0 Å². The first kappa shape index (κ1) is 10.0. The zero-order chi connectivity index (χ0) is 8.97. The quantitative estimate of drug-likeness (QED) is 0.550. The van der Waals surface area contributed by atoms with E-state index in [4.69, 9.17) is 4.74 Å². The molecule has 0 saturated carbocycles. The number of nitrogens with zero attached hydrogens (tertiary/aromatic N) is 1. The molecule has 2 aliphatic heterocycles. The molecule has 72 valence electrons. The summed E-state index contributed by atoms with van der Waals surface area (Å²) in [4.78, 5) is 2.37. The fourth-order valence-electron chi connectivity index (χ4n) is 2.01. The Kier molecular flexibility index (Phi) is 4.02. The Balaban J connectivity index is 0.000000336. The molecule has 2 aliphatic rings. The zero-order valence-electron chi connectivity index (χ0n) is 8.55. The average molecular weight is 171 g/mol. The molecule has 0 aromatic heterocycles. The molecular formula is C10H21NO. The van der Waals surface area contributed by atoms with Crippen molar-refractivity contribution >= 4 is 0 Å². The molecule has 2 fully saturated rings. The normalized spacial score (nSPS) is 35.2. The number of fused-ring (bicyclic) bond motifs is 1. The summed E-state index contributed by atoms with van der Waals surface area (Å²) in [5.41, 5.74) is 0. The Morgan fingerprint density at radius 3 is 2.75 bits per heavy atom. The molecule has 0 spiro atoms. The fourth-order valence-corrected chi connectivity index (χ4v) is 2.01. The molecule has 2 heterocycles. The minimum Gasteiger partial charge on any atom is -0.377 e. The van der Waals surface area contributed by atoms with Crippen molar-refractivity contribution in [2.45, 2.75) is 32.8 Å². The van der Waals surface area contributed by atoms with Gasteiger partial charge in [0.15, 0.2) is 0 Å². The SMILES string of the molecule is CC.CN1CCC2CCOC2C1. The van der Waals surface area contributed by atoms with E-state index in [-0.39, 0.29) is 0 Å². The van der Waals surface area contributed by atoms with Crippen molar-refractivity contribution in [2.24, 2.45) is 5.92 Å². The van der Waals surface area contributed by atoms with Gasteiger partial charge in [0, 0.05) is 13.2 Å². The summed E-state index contributed by atoms with van der Waals surface area (Å²) >= 11 is 0. The lowest BCUT2D eigenvalue weighted by atomic mass is 9.94. The smallest absolute Gasteiger partial charge is 0.0731 e. The van der Waals surface area contributed by atoms with Gasteiger partial charge in [-0.25, -0.2) is 0 Å². The second-order valence-electron chi connectivity index (χ2n) is 3.51. The largest absolute Gasteiger partial charge is 0.377 e. The lowest BCUT2D eigenvalue weighted by molar-refractivity contribution is 0.0360. The number of likely N-dealkylation sites (tertiary alicyclic amines) is 1. The van der Waals surface area contributed by atoms with Gasteiger partial charge < -0.3 is 9.64 Å². The second-order valence-corrected chi connectivity index (χ2v) is 3.51. The molecule has 0 aliphatic carbocycles. The number of hydrogen-bond donors (Lipinski definition) is 0. The van der Waals surface area contributed by atoms with E-state index >= 15 is 0 Å². The van der Waals surface area contributed by atoms with Crippen molar-refractivity contribution in [1.82, 2.24) is 4.90 Å². The number of rotatable bonds is 0. The van der Waals surface area contributed by atoms with Gasteiger partial charge in [0.2, 0.25) is 0 Å². The Morgan fingerprint density at radius 1 is 1.25 bits per heavy atom. The van der Waals surface area contributed by atoms with Crippen LogP contribution in [0.5, 0.6) is 0 Å². The van der Waals surface area contributed by atoms with Crippen molar-refractivity contribution in [3.8, 4) is 0 Å². The fraction of sp³-hybridized carbons (Fsp3) is 1.00. The predicted molar refractivity (Wildman–Crippen MR) is 51.3 cm³/mol. The van der Waals surface area contributed by atoms with Gasteiger partial charge >= 0.3 is 0 Å². The highest BCUT2D eigenvalue weighted by Crippen LogP contribution is 2.27. The van der Waals surface area contributed by atoms with Crippen LogP contribution in [0, 0.1) is 5.92 Å². The number of likely N-dealkylation sites (N-methyl/N-ethyl adjacent to an activating group) is 1. The first-order chi connectivity index (χ1) is 5.86. The van der Waals surface area contributed by atoms with E-state index in [1.807, 2.05) is 13.8 Å². The van der Waals surface area contributed by atoms with Crippen molar-refractivity contribution in [1.29, 1.82) is 0 Å². The second kappa shape index (κ2) is 4.83. The summed E-state index contributed by atoms with van der Waals surface area (Å²) in [6.45, 7) is 7.43. The molecule has 2 heteroatoms. The highest BCUT2D eigenvalue weighted by atomic mass is 16.5. The third kappa shape index (κ3) is 2.20. The summed E-state index contributed by atoms with van der Waals surface area (Å²) < 4.78 is 5.59. The van der Waals surface area contributed by atoms with E-state index in [0.29, 0.717) is 6.10 Å². The average Bonchev–Trinajstić information content (AvgIpc) is 2.54. The first-order valence-corrected chi connectivity index (χ1v) is 5.16.